The molecule has 16 heavy (non-hydrogen) atoms. The molecule has 0 radical (unpaired) electrons. The molecule has 86 valence electrons. The molecule has 1 heterocycles. The number of fused-ring (bicyclic) bond motifs is 1. The predicted octanol–water partition coefficient (Wildman–Crippen LogP) is 2.81. The second kappa shape index (κ2) is 4.66. The van der Waals surface area contributed by atoms with Crippen LogP contribution in [0.15, 0.2) is 24.3 Å². The first-order valence-electron chi connectivity index (χ1n) is 5.68. The Kier molecular flexibility index (Phi) is 3.25. The minimum absolute atomic E-state index is 0.434. The molecule has 2 aromatic rings. The Morgan fingerprint density at radius 3 is 2.75 bits per heavy atom. The zero-order valence-corrected chi connectivity index (χ0v) is 10.1. The third kappa shape index (κ3) is 1.95. The summed E-state index contributed by atoms with van der Waals surface area (Å²) in [7, 11) is 1.73. The highest BCUT2D eigenvalue weighted by Crippen LogP contribution is 2.21. The van der Waals surface area contributed by atoms with Crippen molar-refractivity contribution in [3.63, 3.8) is 0 Å². The number of hydrogen-bond acceptors (Lipinski definition) is 2. The molecule has 0 spiro atoms. The first-order chi connectivity index (χ1) is 7.74. The minimum Gasteiger partial charge on any atom is -0.383 e. The number of benzene rings is 1. The van der Waals surface area contributed by atoms with Crippen LogP contribution in [0.5, 0.6) is 0 Å². The van der Waals surface area contributed by atoms with Crippen molar-refractivity contribution in [3.8, 4) is 0 Å². The fourth-order valence-electron chi connectivity index (χ4n) is 1.95. The molecule has 0 saturated heterocycles. The standard InChI is InChI=1S/C13H18N2O/c1-10(2)13-14-11-6-4-5-7-12(11)15(13)8-9-16-3/h4-7,10H,8-9H2,1-3H3. The van der Waals surface area contributed by atoms with E-state index in [2.05, 4.69) is 41.6 Å². The maximum atomic E-state index is 5.15. The molecule has 1 aromatic heterocycles. The highest BCUT2D eigenvalue weighted by Gasteiger charge is 2.12. The minimum atomic E-state index is 0.434. The molecule has 0 N–H and O–H groups in total. The smallest absolute Gasteiger partial charge is 0.112 e. The number of rotatable bonds is 4. The van der Waals surface area contributed by atoms with E-state index in [-0.39, 0.29) is 0 Å². The summed E-state index contributed by atoms with van der Waals surface area (Å²) in [5.74, 6) is 1.57. The van der Waals surface area contributed by atoms with Gasteiger partial charge in [0.05, 0.1) is 17.6 Å². The average Bonchev–Trinajstić information content (AvgIpc) is 2.65. The van der Waals surface area contributed by atoms with Crippen LogP contribution >= 0.6 is 0 Å². The molecule has 0 aliphatic rings. The maximum absolute atomic E-state index is 5.15. The number of methoxy groups -OCH3 is 1. The molecule has 0 unspecified atom stereocenters. The van der Waals surface area contributed by atoms with Gasteiger partial charge in [0.2, 0.25) is 0 Å². The van der Waals surface area contributed by atoms with Gasteiger partial charge in [-0.05, 0) is 12.1 Å². The summed E-state index contributed by atoms with van der Waals surface area (Å²) in [5, 5.41) is 0. The molecule has 3 heteroatoms. The van der Waals surface area contributed by atoms with E-state index in [1.807, 2.05) is 6.07 Å². The van der Waals surface area contributed by atoms with Gasteiger partial charge in [0.15, 0.2) is 0 Å². The molecular formula is C13H18N2O. The Labute approximate surface area is 96.1 Å². The molecular weight excluding hydrogens is 200 g/mol. The lowest BCUT2D eigenvalue weighted by Crippen LogP contribution is -2.09. The lowest BCUT2D eigenvalue weighted by molar-refractivity contribution is 0.187. The Morgan fingerprint density at radius 1 is 1.31 bits per heavy atom. The molecule has 2 rings (SSSR count). The Balaban J connectivity index is 2.51. The van der Waals surface area contributed by atoms with Gasteiger partial charge in [-0.15, -0.1) is 0 Å². The van der Waals surface area contributed by atoms with E-state index < -0.39 is 0 Å². The van der Waals surface area contributed by atoms with Gasteiger partial charge in [-0.25, -0.2) is 4.98 Å². The summed E-state index contributed by atoms with van der Waals surface area (Å²) >= 11 is 0. The van der Waals surface area contributed by atoms with Crippen LogP contribution in [0.25, 0.3) is 11.0 Å². The van der Waals surface area contributed by atoms with Gasteiger partial charge >= 0.3 is 0 Å². The number of nitrogens with zero attached hydrogens (tertiary/aromatic N) is 2. The second-order valence-electron chi connectivity index (χ2n) is 4.26. The van der Waals surface area contributed by atoms with Gasteiger partial charge in [0.25, 0.3) is 0 Å². The summed E-state index contributed by atoms with van der Waals surface area (Å²) in [6, 6.07) is 8.26. The summed E-state index contributed by atoms with van der Waals surface area (Å²) in [6.45, 7) is 5.93. The van der Waals surface area contributed by atoms with E-state index in [0.29, 0.717) is 5.92 Å². The number of ether oxygens (including phenoxy) is 1. The zero-order valence-electron chi connectivity index (χ0n) is 10.1. The molecule has 1 aromatic carbocycles. The van der Waals surface area contributed by atoms with Crippen molar-refractivity contribution in [3.05, 3.63) is 30.1 Å². The average molecular weight is 218 g/mol. The number of hydrogen-bond donors (Lipinski definition) is 0. The van der Waals surface area contributed by atoms with Crippen molar-refractivity contribution in [2.75, 3.05) is 13.7 Å². The number of aromatic nitrogens is 2. The molecule has 0 aliphatic heterocycles. The van der Waals surface area contributed by atoms with Gasteiger partial charge in [-0.2, -0.15) is 0 Å². The van der Waals surface area contributed by atoms with Gasteiger partial charge in [-0.1, -0.05) is 26.0 Å². The van der Waals surface area contributed by atoms with Crippen LogP contribution in [-0.4, -0.2) is 23.3 Å². The van der Waals surface area contributed by atoms with E-state index in [0.717, 1.165) is 24.5 Å². The molecule has 0 fully saturated rings. The molecule has 3 nitrogen and oxygen atoms in total. The first kappa shape index (κ1) is 11.1. The van der Waals surface area contributed by atoms with Gasteiger partial charge < -0.3 is 9.30 Å². The Bertz CT molecular complexity index is 474. The summed E-state index contributed by atoms with van der Waals surface area (Å²) in [6.07, 6.45) is 0. The SMILES string of the molecule is COCCn1c(C(C)C)nc2ccccc21. The van der Waals surface area contributed by atoms with Gasteiger partial charge in [-0.3, -0.25) is 0 Å². The third-order valence-electron chi connectivity index (χ3n) is 2.72. The fourth-order valence-corrected chi connectivity index (χ4v) is 1.95. The third-order valence-corrected chi connectivity index (χ3v) is 2.72. The highest BCUT2D eigenvalue weighted by molar-refractivity contribution is 5.76. The Hall–Kier alpha value is -1.35. The van der Waals surface area contributed by atoms with Crippen LogP contribution < -0.4 is 0 Å². The molecule has 0 aliphatic carbocycles. The maximum Gasteiger partial charge on any atom is 0.112 e. The van der Waals surface area contributed by atoms with E-state index in [1.54, 1.807) is 7.11 Å². The van der Waals surface area contributed by atoms with Crippen LogP contribution in [0.1, 0.15) is 25.6 Å². The topological polar surface area (TPSA) is 27.1 Å². The monoisotopic (exact) mass is 218 g/mol. The molecule has 0 bridgehead atoms. The van der Waals surface area contributed by atoms with Crippen molar-refractivity contribution in [1.29, 1.82) is 0 Å². The van der Waals surface area contributed by atoms with Crippen LogP contribution in [0.4, 0.5) is 0 Å². The lowest BCUT2D eigenvalue weighted by Gasteiger charge is -2.10. The molecule has 0 saturated carbocycles. The fraction of sp³-hybridized carbons (Fsp3) is 0.462. The molecule has 0 amide bonds. The van der Waals surface area contributed by atoms with Crippen molar-refractivity contribution < 1.29 is 4.74 Å². The van der Waals surface area contributed by atoms with Gasteiger partial charge in [0, 0.05) is 19.6 Å². The van der Waals surface area contributed by atoms with Crippen molar-refractivity contribution >= 4 is 11.0 Å². The van der Waals surface area contributed by atoms with Crippen molar-refractivity contribution in [2.45, 2.75) is 26.3 Å². The summed E-state index contributed by atoms with van der Waals surface area (Å²) in [5.41, 5.74) is 2.27. The van der Waals surface area contributed by atoms with Crippen LogP contribution in [0.2, 0.25) is 0 Å². The van der Waals surface area contributed by atoms with E-state index in [4.69, 9.17) is 4.74 Å². The van der Waals surface area contributed by atoms with E-state index >= 15 is 0 Å². The quantitative estimate of drug-likeness (QED) is 0.789. The Morgan fingerprint density at radius 2 is 2.06 bits per heavy atom. The van der Waals surface area contributed by atoms with E-state index in [9.17, 15) is 0 Å². The lowest BCUT2D eigenvalue weighted by atomic mass is 10.2. The second-order valence-corrected chi connectivity index (χ2v) is 4.26. The van der Waals surface area contributed by atoms with Crippen LogP contribution in [-0.2, 0) is 11.3 Å². The summed E-state index contributed by atoms with van der Waals surface area (Å²) < 4.78 is 7.40. The molecule has 0 atom stereocenters. The number of para-hydroxylation sites is 2. The van der Waals surface area contributed by atoms with Crippen molar-refractivity contribution in [1.82, 2.24) is 9.55 Å². The number of imidazole rings is 1. The van der Waals surface area contributed by atoms with Crippen LogP contribution in [0, 0.1) is 0 Å². The van der Waals surface area contributed by atoms with Crippen molar-refractivity contribution in [2.24, 2.45) is 0 Å². The van der Waals surface area contributed by atoms with Crippen LogP contribution in [0.3, 0.4) is 0 Å². The predicted molar refractivity (Wildman–Crippen MR) is 65.7 cm³/mol. The normalized spacial score (nSPS) is 11.5. The zero-order chi connectivity index (χ0) is 11.5. The highest BCUT2D eigenvalue weighted by atomic mass is 16.5. The van der Waals surface area contributed by atoms with Gasteiger partial charge in [0.1, 0.15) is 5.82 Å². The summed E-state index contributed by atoms with van der Waals surface area (Å²) in [4.78, 5) is 4.67. The largest absolute Gasteiger partial charge is 0.383 e. The first-order valence-corrected chi connectivity index (χ1v) is 5.68. The van der Waals surface area contributed by atoms with E-state index in [1.165, 1.54) is 5.52 Å².